The van der Waals surface area contributed by atoms with Crippen molar-refractivity contribution in [3.8, 4) is 0 Å². The molecular weight excluding hydrogens is 242 g/mol. The van der Waals surface area contributed by atoms with Gasteiger partial charge in [0.2, 0.25) is 0 Å². The predicted molar refractivity (Wildman–Crippen MR) is 64.2 cm³/mol. The first-order valence-corrected chi connectivity index (χ1v) is 5.35. The van der Waals surface area contributed by atoms with E-state index in [0.29, 0.717) is 6.54 Å². The van der Waals surface area contributed by atoms with Gasteiger partial charge in [-0.05, 0) is 18.6 Å². The van der Waals surface area contributed by atoms with Gasteiger partial charge in [0.05, 0.1) is 16.9 Å². The van der Waals surface area contributed by atoms with Crippen molar-refractivity contribution in [2.45, 2.75) is 13.5 Å². The van der Waals surface area contributed by atoms with Gasteiger partial charge in [0.1, 0.15) is 5.02 Å². The third kappa shape index (κ3) is 2.62. The zero-order valence-electron chi connectivity index (χ0n) is 9.13. The van der Waals surface area contributed by atoms with Crippen LogP contribution in [0.2, 0.25) is 5.02 Å². The lowest BCUT2D eigenvalue weighted by Gasteiger charge is -2.03. The second-order valence-corrected chi connectivity index (χ2v) is 4.14. The number of nitro groups is 1. The first kappa shape index (κ1) is 11.6. The van der Waals surface area contributed by atoms with Crippen LogP contribution in [0.3, 0.4) is 0 Å². The van der Waals surface area contributed by atoms with Gasteiger partial charge < -0.3 is 4.57 Å². The standard InChI is InChI=1S/C11H10ClN3O2/c1-8-5-14(7-13-8)6-9-2-3-10(12)11(4-9)15(16)17/h2-5,7H,6H2,1H3. The maximum absolute atomic E-state index is 10.7. The van der Waals surface area contributed by atoms with E-state index in [4.69, 9.17) is 11.6 Å². The van der Waals surface area contributed by atoms with Crippen molar-refractivity contribution >= 4 is 17.3 Å². The molecule has 5 nitrogen and oxygen atoms in total. The molecule has 0 amide bonds. The summed E-state index contributed by atoms with van der Waals surface area (Å²) in [6.07, 6.45) is 3.57. The van der Waals surface area contributed by atoms with Crippen molar-refractivity contribution in [2.75, 3.05) is 0 Å². The highest BCUT2D eigenvalue weighted by molar-refractivity contribution is 6.32. The van der Waals surface area contributed by atoms with Crippen molar-refractivity contribution in [1.29, 1.82) is 0 Å². The number of hydrogen-bond acceptors (Lipinski definition) is 3. The average molecular weight is 252 g/mol. The normalized spacial score (nSPS) is 10.5. The Labute approximate surface area is 103 Å². The van der Waals surface area contributed by atoms with Crippen molar-refractivity contribution in [3.63, 3.8) is 0 Å². The molecule has 0 radical (unpaired) electrons. The van der Waals surface area contributed by atoms with Crippen LogP contribution < -0.4 is 0 Å². The molecule has 1 aromatic heterocycles. The zero-order valence-corrected chi connectivity index (χ0v) is 9.89. The molecule has 0 bridgehead atoms. The van der Waals surface area contributed by atoms with Gasteiger partial charge in [-0.2, -0.15) is 0 Å². The van der Waals surface area contributed by atoms with E-state index in [2.05, 4.69) is 4.98 Å². The number of aryl methyl sites for hydroxylation is 1. The number of imidazole rings is 1. The summed E-state index contributed by atoms with van der Waals surface area (Å²) in [7, 11) is 0. The third-order valence-electron chi connectivity index (χ3n) is 2.33. The fraction of sp³-hybridized carbons (Fsp3) is 0.182. The first-order chi connectivity index (χ1) is 8.06. The highest BCUT2D eigenvalue weighted by atomic mass is 35.5. The van der Waals surface area contributed by atoms with Gasteiger partial charge >= 0.3 is 0 Å². The molecule has 0 N–H and O–H groups in total. The van der Waals surface area contributed by atoms with Crippen LogP contribution in [-0.4, -0.2) is 14.5 Å². The van der Waals surface area contributed by atoms with Gasteiger partial charge in [-0.25, -0.2) is 4.98 Å². The molecule has 0 saturated heterocycles. The molecule has 0 unspecified atom stereocenters. The summed E-state index contributed by atoms with van der Waals surface area (Å²) >= 11 is 5.74. The van der Waals surface area contributed by atoms with Crippen molar-refractivity contribution in [3.05, 3.63) is 57.1 Å². The molecule has 0 saturated carbocycles. The fourth-order valence-electron chi connectivity index (χ4n) is 1.57. The van der Waals surface area contributed by atoms with E-state index in [-0.39, 0.29) is 10.7 Å². The quantitative estimate of drug-likeness (QED) is 0.622. The summed E-state index contributed by atoms with van der Waals surface area (Å²) < 4.78 is 1.86. The van der Waals surface area contributed by atoms with E-state index in [9.17, 15) is 10.1 Å². The molecule has 88 valence electrons. The van der Waals surface area contributed by atoms with Crippen LogP contribution in [0.1, 0.15) is 11.3 Å². The van der Waals surface area contributed by atoms with E-state index in [1.165, 1.54) is 6.07 Å². The van der Waals surface area contributed by atoms with E-state index in [1.807, 2.05) is 17.7 Å². The van der Waals surface area contributed by atoms with Crippen molar-refractivity contribution in [1.82, 2.24) is 9.55 Å². The summed E-state index contributed by atoms with van der Waals surface area (Å²) in [6.45, 7) is 2.43. The number of aromatic nitrogens is 2. The molecule has 0 aliphatic rings. The van der Waals surface area contributed by atoms with E-state index in [0.717, 1.165) is 11.3 Å². The van der Waals surface area contributed by atoms with Crippen LogP contribution in [0.4, 0.5) is 5.69 Å². The Hall–Kier alpha value is -1.88. The Balaban J connectivity index is 2.28. The van der Waals surface area contributed by atoms with Gasteiger partial charge in [-0.1, -0.05) is 17.7 Å². The molecule has 0 aliphatic heterocycles. The average Bonchev–Trinajstić information content (AvgIpc) is 2.66. The zero-order chi connectivity index (χ0) is 12.4. The van der Waals surface area contributed by atoms with Crippen LogP contribution in [0.5, 0.6) is 0 Å². The fourth-order valence-corrected chi connectivity index (χ4v) is 1.75. The number of hydrogen-bond donors (Lipinski definition) is 0. The Morgan fingerprint density at radius 3 is 2.88 bits per heavy atom. The molecule has 0 spiro atoms. The maximum Gasteiger partial charge on any atom is 0.288 e. The Bertz CT molecular complexity index is 566. The van der Waals surface area contributed by atoms with Gasteiger partial charge in [0, 0.05) is 18.8 Å². The third-order valence-corrected chi connectivity index (χ3v) is 2.65. The highest BCUT2D eigenvalue weighted by Gasteiger charge is 2.12. The molecule has 0 aliphatic carbocycles. The van der Waals surface area contributed by atoms with Crippen LogP contribution in [-0.2, 0) is 6.54 Å². The van der Waals surface area contributed by atoms with Gasteiger partial charge in [-0.15, -0.1) is 0 Å². The van der Waals surface area contributed by atoms with Crippen LogP contribution in [0, 0.1) is 17.0 Å². The summed E-state index contributed by atoms with van der Waals surface area (Å²) in [5.41, 5.74) is 1.66. The molecule has 1 aromatic carbocycles. The van der Waals surface area contributed by atoms with E-state index < -0.39 is 4.92 Å². The monoisotopic (exact) mass is 251 g/mol. The lowest BCUT2D eigenvalue weighted by Crippen LogP contribution is -1.98. The summed E-state index contributed by atoms with van der Waals surface area (Å²) in [5, 5.41) is 10.9. The lowest BCUT2D eigenvalue weighted by atomic mass is 10.2. The molecular formula is C11H10ClN3O2. The number of nitro benzene ring substituents is 1. The van der Waals surface area contributed by atoms with Crippen molar-refractivity contribution in [2.24, 2.45) is 0 Å². The molecule has 17 heavy (non-hydrogen) atoms. The second kappa shape index (κ2) is 4.55. The topological polar surface area (TPSA) is 61.0 Å². The lowest BCUT2D eigenvalue weighted by molar-refractivity contribution is -0.384. The van der Waals surface area contributed by atoms with E-state index in [1.54, 1.807) is 18.5 Å². The highest BCUT2D eigenvalue weighted by Crippen LogP contribution is 2.25. The van der Waals surface area contributed by atoms with Gasteiger partial charge in [0.15, 0.2) is 0 Å². The molecule has 1 heterocycles. The van der Waals surface area contributed by atoms with Crippen LogP contribution >= 0.6 is 11.6 Å². The molecule has 0 atom stereocenters. The summed E-state index contributed by atoms with van der Waals surface area (Å²) in [6, 6.07) is 4.79. The largest absolute Gasteiger partial charge is 0.333 e. The summed E-state index contributed by atoms with van der Waals surface area (Å²) in [5.74, 6) is 0. The predicted octanol–water partition coefficient (Wildman–Crippen LogP) is 2.80. The van der Waals surface area contributed by atoms with Crippen LogP contribution in [0.15, 0.2) is 30.7 Å². The molecule has 0 fully saturated rings. The Kier molecular flexibility index (Phi) is 3.10. The molecule has 2 aromatic rings. The number of halogens is 1. The summed E-state index contributed by atoms with van der Waals surface area (Å²) in [4.78, 5) is 14.3. The number of rotatable bonds is 3. The van der Waals surface area contributed by atoms with E-state index >= 15 is 0 Å². The molecule has 2 rings (SSSR count). The minimum absolute atomic E-state index is 0.0685. The molecule has 6 heteroatoms. The van der Waals surface area contributed by atoms with Crippen LogP contribution in [0.25, 0.3) is 0 Å². The first-order valence-electron chi connectivity index (χ1n) is 4.97. The number of nitrogens with zero attached hydrogens (tertiary/aromatic N) is 3. The second-order valence-electron chi connectivity index (χ2n) is 3.73. The Morgan fingerprint density at radius 2 is 2.29 bits per heavy atom. The SMILES string of the molecule is Cc1cn(Cc2ccc(Cl)c([N+](=O)[O-])c2)cn1. The minimum Gasteiger partial charge on any atom is -0.333 e. The van der Waals surface area contributed by atoms with Gasteiger partial charge in [0.25, 0.3) is 5.69 Å². The minimum atomic E-state index is -0.481. The Morgan fingerprint density at radius 1 is 1.53 bits per heavy atom. The van der Waals surface area contributed by atoms with Gasteiger partial charge in [-0.3, -0.25) is 10.1 Å². The maximum atomic E-state index is 10.7. The smallest absolute Gasteiger partial charge is 0.288 e. The number of benzene rings is 1. The van der Waals surface area contributed by atoms with Crippen molar-refractivity contribution < 1.29 is 4.92 Å².